The Bertz CT molecular complexity index is 1090. The number of hydrogen-bond acceptors (Lipinski definition) is 7. The van der Waals surface area contributed by atoms with Crippen LogP contribution in [0, 0.1) is 0 Å². The van der Waals surface area contributed by atoms with Crippen LogP contribution in [-0.2, 0) is 14.8 Å². The molecule has 4 rings (SSSR count). The predicted molar refractivity (Wildman–Crippen MR) is 111 cm³/mol. The van der Waals surface area contributed by atoms with Gasteiger partial charge < -0.3 is 5.32 Å². The fourth-order valence-electron chi connectivity index (χ4n) is 3.00. The average molecular weight is 435 g/mol. The summed E-state index contributed by atoms with van der Waals surface area (Å²) in [4.78, 5) is 21.8. The SMILES string of the molecule is O=C(CSc1ncnc2sccc12)Nc1ccc(S(=O)(=O)N2CCCC2)cc1. The van der Waals surface area contributed by atoms with Crippen LogP contribution in [-0.4, -0.2) is 47.4 Å². The standard InChI is InChI=1S/C18H18N4O3S3/c23-16(11-27-18-15-7-10-26-17(15)19-12-20-18)21-13-3-5-14(6-4-13)28(24,25)22-8-1-2-9-22/h3-7,10,12H,1-2,8-9,11H2,(H,21,23). The molecule has 1 aliphatic rings. The van der Waals surface area contributed by atoms with Gasteiger partial charge in [0.25, 0.3) is 0 Å². The van der Waals surface area contributed by atoms with Gasteiger partial charge in [-0.3, -0.25) is 4.79 Å². The van der Waals surface area contributed by atoms with Crippen molar-refractivity contribution in [2.24, 2.45) is 0 Å². The maximum absolute atomic E-state index is 12.5. The van der Waals surface area contributed by atoms with E-state index in [1.165, 1.54) is 45.9 Å². The van der Waals surface area contributed by atoms with Crippen LogP contribution >= 0.6 is 23.1 Å². The topological polar surface area (TPSA) is 92.3 Å². The largest absolute Gasteiger partial charge is 0.325 e. The van der Waals surface area contributed by atoms with Gasteiger partial charge >= 0.3 is 0 Å². The van der Waals surface area contributed by atoms with E-state index in [1.807, 2.05) is 11.4 Å². The van der Waals surface area contributed by atoms with Gasteiger partial charge in [0, 0.05) is 24.2 Å². The van der Waals surface area contributed by atoms with Crippen LogP contribution in [0.2, 0.25) is 0 Å². The van der Waals surface area contributed by atoms with Crippen molar-refractivity contribution >= 4 is 54.9 Å². The number of rotatable bonds is 6. The van der Waals surface area contributed by atoms with Crippen molar-refractivity contribution in [1.82, 2.24) is 14.3 Å². The smallest absolute Gasteiger partial charge is 0.243 e. The van der Waals surface area contributed by atoms with Crippen LogP contribution in [0.1, 0.15) is 12.8 Å². The van der Waals surface area contributed by atoms with E-state index >= 15 is 0 Å². The molecule has 0 atom stereocenters. The van der Waals surface area contributed by atoms with Crippen LogP contribution in [0.5, 0.6) is 0 Å². The third-order valence-electron chi connectivity index (χ3n) is 4.41. The Labute approximate surface area is 171 Å². The predicted octanol–water partition coefficient (Wildman–Crippen LogP) is 3.21. The third-order valence-corrected chi connectivity index (χ3v) is 8.14. The summed E-state index contributed by atoms with van der Waals surface area (Å²) in [6.07, 6.45) is 3.29. The number of hydrogen-bond donors (Lipinski definition) is 1. The van der Waals surface area contributed by atoms with Crippen molar-refractivity contribution in [3.8, 4) is 0 Å². The summed E-state index contributed by atoms with van der Waals surface area (Å²) in [6.45, 7) is 1.14. The molecular formula is C18H18N4O3S3. The molecule has 0 saturated carbocycles. The first kappa shape index (κ1) is 19.3. The van der Waals surface area contributed by atoms with Gasteiger partial charge in [0.2, 0.25) is 15.9 Å². The lowest BCUT2D eigenvalue weighted by atomic mass is 10.3. The van der Waals surface area contributed by atoms with Crippen molar-refractivity contribution in [1.29, 1.82) is 0 Å². The van der Waals surface area contributed by atoms with E-state index in [-0.39, 0.29) is 16.6 Å². The maximum Gasteiger partial charge on any atom is 0.243 e. The fraction of sp³-hybridized carbons (Fsp3) is 0.278. The van der Waals surface area contributed by atoms with Gasteiger partial charge in [0.1, 0.15) is 16.2 Å². The van der Waals surface area contributed by atoms with Crippen LogP contribution < -0.4 is 5.32 Å². The molecule has 2 aromatic heterocycles. The molecular weight excluding hydrogens is 416 g/mol. The second kappa shape index (κ2) is 8.16. The average Bonchev–Trinajstić information content (AvgIpc) is 3.39. The minimum atomic E-state index is -3.44. The number of aromatic nitrogens is 2. The summed E-state index contributed by atoms with van der Waals surface area (Å²) < 4.78 is 26.6. The molecule has 0 radical (unpaired) electrons. The van der Waals surface area contributed by atoms with Gasteiger partial charge in [-0.25, -0.2) is 18.4 Å². The van der Waals surface area contributed by atoms with Crippen molar-refractivity contribution in [3.05, 3.63) is 42.0 Å². The fourth-order valence-corrected chi connectivity index (χ4v) is 6.10. The number of thioether (sulfide) groups is 1. The number of carbonyl (C=O) groups is 1. The minimum Gasteiger partial charge on any atom is -0.325 e. The van der Waals surface area contributed by atoms with Crippen molar-refractivity contribution in [2.75, 3.05) is 24.2 Å². The first-order chi connectivity index (χ1) is 13.5. The normalized spacial score (nSPS) is 15.1. The van der Waals surface area contributed by atoms with Crippen molar-refractivity contribution in [2.45, 2.75) is 22.8 Å². The first-order valence-corrected chi connectivity index (χ1v) is 12.1. The zero-order chi connectivity index (χ0) is 19.6. The molecule has 1 saturated heterocycles. The maximum atomic E-state index is 12.5. The lowest BCUT2D eigenvalue weighted by molar-refractivity contribution is -0.113. The number of nitrogens with zero attached hydrogens (tertiary/aromatic N) is 3. The Morgan fingerprint density at radius 2 is 1.89 bits per heavy atom. The number of carbonyl (C=O) groups excluding carboxylic acids is 1. The summed E-state index contributed by atoms with van der Waals surface area (Å²) in [5, 5.41) is 6.46. The monoisotopic (exact) mass is 434 g/mol. The molecule has 3 aromatic rings. The van der Waals surface area contributed by atoms with E-state index in [0.29, 0.717) is 18.8 Å². The zero-order valence-electron chi connectivity index (χ0n) is 14.9. The number of sulfonamides is 1. The highest BCUT2D eigenvalue weighted by atomic mass is 32.2. The third kappa shape index (κ3) is 4.04. The van der Waals surface area contributed by atoms with Gasteiger partial charge in [-0.2, -0.15) is 4.31 Å². The Kier molecular flexibility index (Phi) is 5.63. The van der Waals surface area contributed by atoms with E-state index in [2.05, 4.69) is 15.3 Å². The Morgan fingerprint density at radius 3 is 2.64 bits per heavy atom. The van der Waals surface area contributed by atoms with Gasteiger partial charge in [0.05, 0.1) is 10.6 Å². The molecule has 1 N–H and O–H groups in total. The molecule has 1 aliphatic heterocycles. The van der Waals surface area contributed by atoms with Gasteiger partial charge in [-0.1, -0.05) is 11.8 Å². The number of nitrogens with one attached hydrogen (secondary N) is 1. The quantitative estimate of drug-likeness (QED) is 0.473. The Morgan fingerprint density at radius 1 is 1.14 bits per heavy atom. The van der Waals surface area contributed by atoms with Crippen LogP contribution in [0.15, 0.2) is 52.0 Å². The summed E-state index contributed by atoms with van der Waals surface area (Å²) in [7, 11) is -3.44. The zero-order valence-corrected chi connectivity index (χ0v) is 17.3. The summed E-state index contributed by atoms with van der Waals surface area (Å²) >= 11 is 2.88. The van der Waals surface area contributed by atoms with Gasteiger partial charge in [0.15, 0.2) is 0 Å². The molecule has 1 aromatic carbocycles. The van der Waals surface area contributed by atoms with Crippen molar-refractivity contribution < 1.29 is 13.2 Å². The molecule has 0 bridgehead atoms. The summed E-state index contributed by atoms with van der Waals surface area (Å²) in [5.74, 6) is 0.0256. The Hall–Kier alpha value is -2.01. The lowest BCUT2D eigenvalue weighted by Gasteiger charge is -2.15. The molecule has 3 heterocycles. The second-order valence-corrected chi connectivity index (χ2v) is 10.1. The molecule has 28 heavy (non-hydrogen) atoms. The van der Waals surface area contributed by atoms with Gasteiger partial charge in [-0.15, -0.1) is 11.3 Å². The van der Waals surface area contributed by atoms with E-state index in [0.717, 1.165) is 28.1 Å². The molecule has 0 spiro atoms. The molecule has 1 amide bonds. The second-order valence-electron chi connectivity index (χ2n) is 6.29. The van der Waals surface area contributed by atoms with Crippen LogP contribution in [0.25, 0.3) is 10.2 Å². The van der Waals surface area contributed by atoms with Crippen LogP contribution in [0.4, 0.5) is 5.69 Å². The molecule has 10 heteroatoms. The number of anilines is 1. The molecule has 1 fully saturated rings. The lowest BCUT2D eigenvalue weighted by Crippen LogP contribution is -2.27. The van der Waals surface area contributed by atoms with E-state index in [9.17, 15) is 13.2 Å². The number of benzene rings is 1. The molecule has 7 nitrogen and oxygen atoms in total. The van der Waals surface area contributed by atoms with E-state index < -0.39 is 10.0 Å². The van der Waals surface area contributed by atoms with Gasteiger partial charge in [-0.05, 0) is 48.6 Å². The van der Waals surface area contributed by atoms with E-state index in [4.69, 9.17) is 0 Å². The van der Waals surface area contributed by atoms with Crippen LogP contribution in [0.3, 0.4) is 0 Å². The number of fused-ring (bicyclic) bond motifs is 1. The Balaban J connectivity index is 1.37. The summed E-state index contributed by atoms with van der Waals surface area (Å²) in [6, 6.07) is 8.26. The number of thiophene rings is 1. The number of amides is 1. The van der Waals surface area contributed by atoms with Crippen molar-refractivity contribution in [3.63, 3.8) is 0 Å². The highest BCUT2D eigenvalue weighted by molar-refractivity contribution is 8.00. The van der Waals surface area contributed by atoms with E-state index in [1.54, 1.807) is 12.1 Å². The minimum absolute atomic E-state index is 0.179. The first-order valence-electron chi connectivity index (χ1n) is 8.75. The highest BCUT2D eigenvalue weighted by Crippen LogP contribution is 2.28. The summed E-state index contributed by atoms with van der Waals surface area (Å²) in [5.41, 5.74) is 0.564. The molecule has 146 valence electrons. The highest BCUT2D eigenvalue weighted by Gasteiger charge is 2.26. The molecule has 0 unspecified atom stereocenters. The molecule has 0 aliphatic carbocycles.